The van der Waals surface area contributed by atoms with Gasteiger partial charge >= 0.3 is 6.18 Å². The normalized spacial score (nSPS) is 19.6. The monoisotopic (exact) mass is 413 g/mol. The molecule has 1 heterocycles. The van der Waals surface area contributed by atoms with Crippen LogP contribution in [0.25, 0.3) is 11.3 Å². The van der Waals surface area contributed by atoms with Crippen molar-refractivity contribution in [2.45, 2.75) is 44.0 Å². The van der Waals surface area contributed by atoms with Crippen molar-refractivity contribution in [3.63, 3.8) is 0 Å². The van der Waals surface area contributed by atoms with E-state index in [2.05, 4.69) is 15.3 Å². The van der Waals surface area contributed by atoms with Gasteiger partial charge in [-0.3, -0.25) is 4.79 Å². The summed E-state index contributed by atoms with van der Waals surface area (Å²) >= 11 is 0. The molecule has 1 amide bonds. The summed E-state index contributed by atoms with van der Waals surface area (Å²) in [7, 11) is 0. The Morgan fingerprint density at radius 1 is 1.21 bits per heavy atom. The van der Waals surface area contributed by atoms with E-state index in [0.717, 1.165) is 31.2 Å². The van der Waals surface area contributed by atoms with Gasteiger partial charge in [0.1, 0.15) is 17.2 Å². The number of nitrogens with one attached hydrogen (secondary N) is 1. The number of halogens is 4. The van der Waals surface area contributed by atoms with Gasteiger partial charge in [-0.2, -0.15) is 13.2 Å². The molecule has 1 aliphatic rings. The number of aliphatic hydroxyl groups excluding tert-OH is 1. The molecule has 2 atom stereocenters. The zero-order valence-corrected chi connectivity index (χ0v) is 15.2. The van der Waals surface area contributed by atoms with Crippen molar-refractivity contribution in [3.8, 4) is 17.1 Å². The van der Waals surface area contributed by atoms with Gasteiger partial charge in [0, 0.05) is 5.56 Å². The van der Waals surface area contributed by atoms with Crippen LogP contribution in [0, 0.1) is 5.82 Å². The molecule has 1 aromatic heterocycles. The third kappa shape index (κ3) is 5.63. The molecular weight excluding hydrogens is 394 g/mol. The van der Waals surface area contributed by atoms with Gasteiger partial charge < -0.3 is 15.2 Å². The van der Waals surface area contributed by atoms with Crippen LogP contribution in [0.2, 0.25) is 0 Å². The van der Waals surface area contributed by atoms with Crippen molar-refractivity contribution < 1.29 is 32.2 Å². The van der Waals surface area contributed by atoms with Gasteiger partial charge in [-0.25, -0.2) is 14.4 Å². The van der Waals surface area contributed by atoms with Gasteiger partial charge in [0.2, 0.25) is 5.88 Å². The molecule has 0 saturated heterocycles. The summed E-state index contributed by atoms with van der Waals surface area (Å²) in [6.45, 7) is -1.59. The molecule has 29 heavy (non-hydrogen) atoms. The number of hydrogen-bond donors (Lipinski definition) is 2. The summed E-state index contributed by atoms with van der Waals surface area (Å²) in [5.41, 5.74) is -0.0315. The summed E-state index contributed by atoms with van der Waals surface area (Å²) in [6.07, 6.45) is -1.35. The van der Waals surface area contributed by atoms with Crippen LogP contribution in [0.3, 0.4) is 0 Å². The first-order valence-electron chi connectivity index (χ1n) is 9.04. The zero-order valence-electron chi connectivity index (χ0n) is 15.2. The van der Waals surface area contributed by atoms with E-state index in [1.807, 2.05) is 0 Å². The van der Waals surface area contributed by atoms with Gasteiger partial charge in [-0.05, 0) is 37.1 Å². The number of amides is 1. The highest BCUT2D eigenvalue weighted by atomic mass is 19.4. The highest BCUT2D eigenvalue weighted by molar-refractivity contribution is 5.93. The molecule has 1 aliphatic carbocycles. The molecule has 1 saturated carbocycles. The van der Waals surface area contributed by atoms with Crippen LogP contribution < -0.4 is 10.1 Å². The van der Waals surface area contributed by atoms with Gasteiger partial charge in [0.05, 0.1) is 18.3 Å². The predicted octanol–water partition coefficient (Wildman–Crippen LogP) is 3.26. The van der Waals surface area contributed by atoms with E-state index in [0.29, 0.717) is 12.8 Å². The minimum absolute atomic E-state index is 0.119. The van der Waals surface area contributed by atoms with Crippen molar-refractivity contribution in [1.29, 1.82) is 0 Å². The molecule has 2 aromatic rings. The number of benzene rings is 1. The summed E-state index contributed by atoms with van der Waals surface area (Å²) < 4.78 is 55.5. The van der Waals surface area contributed by atoms with Crippen LogP contribution in [0.5, 0.6) is 5.88 Å². The maximum absolute atomic E-state index is 13.2. The van der Waals surface area contributed by atoms with E-state index in [4.69, 9.17) is 4.74 Å². The first kappa shape index (κ1) is 21.0. The Morgan fingerprint density at radius 2 is 1.90 bits per heavy atom. The van der Waals surface area contributed by atoms with E-state index in [1.165, 1.54) is 12.1 Å². The van der Waals surface area contributed by atoms with E-state index in [1.54, 1.807) is 0 Å². The Balaban J connectivity index is 1.87. The SMILES string of the molecule is O=C(N[C@@H]1CCCC[C@H]1O)c1cnc(OCC(F)(F)F)c(-c2ccc(F)cc2)n1. The predicted molar refractivity (Wildman–Crippen MR) is 94.7 cm³/mol. The average molecular weight is 413 g/mol. The number of carbonyl (C=O) groups excluding carboxylic acids is 1. The number of nitrogens with zero attached hydrogens (tertiary/aromatic N) is 2. The number of ether oxygens (including phenoxy) is 1. The molecule has 10 heteroatoms. The minimum atomic E-state index is -4.59. The number of alkyl halides is 3. The Hall–Kier alpha value is -2.75. The van der Waals surface area contributed by atoms with Crippen LogP contribution in [0.4, 0.5) is 17.6 Å². The highest BCUT2D eigenvalue weighted by Gasteiger charge is 2.30. The Morgan fingerprint density at radius 3 is 2.55 bits per heavy atom. The molecule has 2 N–H and O–H groups in total. The molecule has 1 aromatic carbocycles. The van der Waals surface area contributed by atoms with Crippen LogP contribution in [-0.4, -0.2) is 45.9 Å². The second-order valence-corrected chi connectivity index (χ2v) is 6.75. The van der Waals surface area contributed by atoms with Gasteiger partial charge in [-0.15, -0.1) is 0 Å². The largest absolute Gasteiger partial charge is 0.466 e. The molecule has 6 nitrogen and oxygen atoms in total. The summed E-state index contributed by atoms with van der Waals surface area (Å²) in [5, 5.41) is 12.7. The fraction of sp³-hybridized carbons (Fsp3) is 0.421. The van der Waals surface area contributed by atoms with Crippen LogP contribution in [0.15, 0.2) is 30.5 Å². The summed E-state index contributed by atoms with van der Waals surface area (Å²) in [4.78, 5) is 20.4. The highest BCUT2D eigenvalue weighted by Crippen LogP contribution is 2.28. The topological polar surface area (TPSA) is 84.3 Å². The molecule has 0 aliphatic heterocycles. The molecule has 0 radical (unpaired) electrons. The van der Waals surface area contributed by atoms with Gasteiger partial charge in [-0.1, -0.05) is 12.8 Å². The molecule has 1 fully saturated rings. The number of aliphatic hydroxyl groups is 1. The first-order valence-corrected chi connectivity index (χ1v) is 9.04. The van der Waals surface area contributed by atoms with Crippen molar-refractivity contribution in [2.24, 2.45) is 0 Å². The second kappa shape index (κ2) is 8.73. The van der Waals surface area contributed by atoms with Crippen LogP contribution in [-0.2, 0) is 0 Å². The Kier molecular flexibility index (Phi) is 6.31. The summed E-state index contributed by atoms with van der Waals surface area (Å²) in [5.74, 6) is -1.59. The Bertz CT molecular complexity index is 859. The number of hydrogen-bond acceptors (Lipinski definition) is 5. The van der Waals surface area contributed by atoms with Crippen molar-refractivity contribution >= 4 is 5.91 Å². The number of aromatic nitrogens is 2. The summed E-state index contributed by atoms with van der Waals surface area (Å²) in [6, 6.07) is 4.37. The van der Waals surface area contributed by atoms with Crippen LogP contribution in [0.1, 0.15) is 36.2 Å². The van der Waals surface area contributed by atoms with Gasteiger partial charge in [0.15, 0.2) is 6.61 Å². The lowest BCUT2D eigenvalue weighted by Crippen LogP contribution is -2.45. The van der Waals surface area contributed by atoms with Crippen molar-refractivity contribution in [3.05, 3.63) is 42.0 Å². The minimum Gasteiger partial charge on any atom is -0.466 e. The molecule has 3 rings (SSSR count). The van der Waals surface area contributed by atoms with Gasteiger partial charge in [0.25, 0.3) is 5.91 Å². The Labute approximate surface area is 163 Å². The molecule has 0 unspecified atom stereocenters. The maximum Gasteiger partial charge on any atom is 0.422 e. The lowest BCUT2D eigenvalue weighted by molar-refractivity contribution is -0.154. The molecule has 0 spiro atoms. The molecule has 0 bridgehead atoms. The fourth-order valence-corrected chi connectivity index (χ4v) is 3.06. The zero-order chi connectivity index (χ0) is 21.0. The van der Waals surface area contributed by atoms with E-state index < -0.39 is 42.5 Å². The van der Waals surface area contributed by atoms with Crippen molar-refractivity contribution in [2.75, 3.05) is 6.61 Å². The second-order valence-electron chi connectivity index (χ2n) is 6.75. The quantitative estimate of drug-likeness (QED) is 0.736. The van der Waals surface area contributed by atoms with E-state index >= 15 is 0 Å². The number of carbonyl (C=O) groups is 1. The standard InChI is InChI=1S/C19H19F4N3O3/c20-12-7-5-11(6-8-12)16-18(29-10-19(21,22)23)24-9-14(25-16)17(28)26-13-3-1-2-4-15(13)27/h5-9,13,15,27H,1-4,10H2,(H,26,28)/t13-,15-/m1/s1. The van der Waals surface area contributed by atoms with Crippen LogP contribution >= 0.6 is 0 Å². The van der Waals surface area contributed by atoms with E-state index in [9.17, 15) is 27.5 Å². The lowest BCUT2D eigenvalue weighted by atomic mass is 9.92. The third-order valence-electron chi connectivity index (χ3n) is 4.51. The molecular formula is C19H19F4N3O3. The lowest BCUT2D eigenvalue weighted by Gasteiger charge is -2.28. The fourth-order valence-electron chi connectivity index (χ4n) is 3.06. The average Bonchev–Trinajstić information content (AvgIpc) is 2.68. The van der Waals surface area contributed by atoms with E-state index in [-0.39, 0.29) is 17.0 Å². The maximum atomic E-state index is 13.2. The molecule has 156 valence electrons. The smallest absolute Gasteiger partial charge is 0.422 e. The first-order chi connectivity index (χ1) is 13.7. The third-order valence-corrected chi connectivity index (χ3v) is 4.51. The number of rotatable bonds is 5. The van der Waals surface area contributed by atoms with Crippen molar-refractivity contribution in [1.82, 2.24) is 15.3 Å².